The summed E-state index contributed by atoms with van der Waals surface area (Å²) in [7, 11) is 1.53. The van der Waals surface area contributed by atoms with Crippen LogP contribution in [0.3, 0.4) is 0 Å². The summed E-state index contributed by atoms with van der Waals surface area (Å²) in [5.74, 6) is 0.852. The average Bonchev–Trinajstić information content (AvgIpc) is 2.55. The largest absolute Gasteiger partial charge is 0.481 e. The van der Waals surface area contributed by atoms with Gasteiger partial charge in [-0.15, -0.1) is 0 Å². The first kappa shape index (κ1) is 14.3. The monoisotopic (exact) mass is 298 g/mol. The average molecular weight is 298 g/mol. The van der Waals surface area contributed by atoms with Crippen molar-refractivity contribution < 1.29 is 9.53 Å². The van der Waals surface area contributed by atoms with E-state index < -0.39 is 0 Å². The molecule has 3 rings (SSSR count). The van der Waals surface area contributed by atoms with E-state index in [9.17, 15) is 4.79 Å². The van der Waals surface area contributed by atoms with Gasteiger partial charge in [-0.25, -0.2) is 14.8 Å². The summed E-state index contributed by atoms with van der Waals surface area (Å²) in [4.78, 5) is 22.3. The molecule has 2 aromatic rings. The highest BCUT2D eigenvalue weighted by Gasteiger charge is 2.27. The van der Waals surface area contributed by atoms with E-state index in [-0.39, 0.29) is 12.1 Å². The number of urea groups is 1. The second kappa shape index (κ2) is 6.01. The van der Waals surface area contributed by atoms with Crippen LogP contribution < -0.4 is 10.1 Å². The maximum atomic E-state index is 12.5. The van der Waals surface area contributed by atoms with Crippen molar-refractivity contribution in [3.63, 3.8) is 0 Å². The fraction of sp³-hybridized carbons (Fsp3) is 0.312. The van der Waals surface area contributed by atoms with Gasteiger partial charge >= 0.3 is 6.03 Å². The number of carbonyl (C=O) groups is 1. The molecule has 0 bridgehead atoms. The minimum Gasteiger partial charge on any atom is -0.481 e. The first-order valence-corrected chi connectivity index (χ1v) is 7.20. The third-order valence-corrected chi connectivity index (χ3v) is 3.94. The Morgan fingerprint density at radius 3 is 3.00 bits per heavy atom. The lowest BCUT2D eigenvalue weighted by molar-refractivity contribution is 0.188. The molecule has 0 radical (unpaired) electrons. The Morgan fingerprint density at radius 2 is 2.18 bits per heavy atom. The van der Waals surface area contributed by atoms with Gasteiger partial charge in [0.25, 0.3) is 0 Å². The molecule has 0 aliphatic carbocycles. The molecule has 1 unspecified atom stereocenters. The number of fused-ring (bicyclic) bond motifs is 1. The van der Waals surface area contributed by atoms with Crippen LogP contribution >= 0.6 is 0 Å². The van der Waals surface area contributed by atoms with Crippen LogP contribution in [0.4, 0.5) is 10.6 Å². The molecule has 6 nitrogen and oxygen atoms in total. The van der Waals surface area contributed by atoms with Gasteiger partial charge in [0.15, 0.2) is 0 Å². The fourth-order valence-corrected chi connectivity index (χ4v) is 2.75. The van der Waals surface area contributed by atoms with Crippen molar-refractivity contribution in [2.75, 3.05) is 19.0 Å². The van der Waals surface area contributed by atoms with Crippen LogP contribution in [0.15, 0.2) is 36.7 Å². The summed E-state index contributed by atoms with van der Waals surface area (Å²) in [6, 6.07) is 9.71. The number of nitrogens with one attached hydrogen (secondary N) is 1. The standard InChI is InChI=1S/C16H18N4O2/c1-11-13-6-4-3-5-12(13)7-8-20(11)16(21)19-14-9-15(22-2)18-10-17-14/h3-6,9-11H,7-8H2,1-2H3,(H,17,18,19,21). The molecule has 1 aromatic carbocycles. The number of benzene rings is 1. The summed E-state index contributed by atoms with van der Waals surface area (Å²) in [5, 5.41) is 2.80. The molecule has 6 heteroatoms. The van der Waals surface area contributed by atoms with Gasteiger partial charge in [-0.2, -0.15) is 0 Å². The third-order valence-electron chi connectivity index (χ3n) is 3.94. The minimum absolute atomic E-state index is 0.0358. The summed E-state index contributed by atoms with van der Waals surface area (Å²) in [6.07, 6.45) is 2.23. The number of ether oxygens (including phenoxy) is 1. The third kappa shape index (κ3) is 2.72. The van der Waals surface area contributed by atoms with Gasteiger partial charge in [0.05, 0.1) is 13.2 Å². The van der Waals surface area contributed by atoms with Gasteiger partial charge in [0, 0.05) is 12.6 Å². The molecule has 22 heavy (non-hydrogen) atoms. The van der Waals surface area contributed by atoms with E-state index in [0.29, 0.717) is 18.2 Å². The quantitative estimate of drug-likeness (QED) is 0.925. The zero-order valence-corrected chi connectivity index (χ0v) is 12.6. The van der Waals surface area contributed by atoms with Crippen LogP contribution in [-0.2, 0) is 6.42 Å². The van der Waals surface area contributed by atoms with Gasteiger partial charge < -0.3 is 9.64 Å². The van der Waals surface area contributed by atoms with E-state index in [1.54, 1.807) is 6.07 Å². The number of rotatable bonds is 2. The number of methoxy groups -OCH3 is 1. The Bertz CT molecular complexity index is 689. The predicted molar refractivity (Wildman–Crippen MR) is 82.9 cm³/mol. The molecular weight excluding hydrogens is 280 g/mol. The van der Waals surface area contributed by atoms with Gasteiger partial charge in [0.2, 0.25) is 5.88 Å². The molecule has 1 aromatic heterocycles. The van der Waals surface area contributed by atoms with E-state index in [4.69, 9.17) is 4.74 Å². The summed E-state index contributed by atoms with van der Waals surface area (Å²) < 4.78 is 5.03. The lowest BCUT2D eigenvalue weighted by Crippen LogP contribution is -2.41. The molecule has 1 N–H and O–H groups in total. The smallest absolute Gasteiger partial charge is 0.323 e. The van der Waals surface area contributed by atoms with E-state index in [2.05, 4.69) is 27.4 Å². The lowest BCUT2D eigenvalue weighted by atomic mass is 9.94. The molecule has 2 amide bonds. The molecular formula is C16H18N4O2. The minimum atomic E-state index is -0.164. The highest BCUT2D eigenvalue weighted by Crippen LogP contribution is 2.29. The van der Waals surface area contributed by atoms with Crippen LogP contribution in [0.1, 0.15) is 24.1 Å². The number of anilines is 1. The SMILES string of the molecule is COc1cc(NC(=O)N2CCc3ccccc3C2C)ncn1. The Hall–Kier alpha value is -2.63. The van der Waals surface area contributed by atoms with Crippen molar-refractivity contribution in [1.29, 1.82) is 0 Å². The molecule has 1 aliphatic rings. The molecule has 114 valence electrons. The number of hydrogen-bond acceptors (Lipinski definition) is 4. The van der Waals surface area contributed by atoms with Gasteiger partial charge in [0.1, 0.15) is 12.1 Å². The Balaban J connectivity index is 1.76. The maximum Gasteiger partial charge on any atom is 0.323 e. The van der Waals surface area contributed by atoms with Crippen LogP contribution in [0.25, 0.3) is 0 Å². The first-order valence-electron chi connectivity index (χ1n) is 7.20. The molecule has 0 fully saturated rings. The van der Waals surface area contributed by atoms with Crippen molar-refractivity contribution in [2.45, 2.75) is 19.4 Å². The lowest BCUT2D eigenvalue weighted by Gasteiger charge is -2.35. The zero-order valence-electron chi connectivity index (χ0n) is 12.6. The van der Waals surface area contributed by atoms with Crippen molar-refractivity contribution in [1.82, 2.24) is 14.9 Å². The van der Waals surface area contributed by atoms with Gasteiger partial charge in [-0.3, -0.25) is 5.32 Å². The van der Waals surface area contributed by atoms with Crippen molar-refractivity contribution in [2.24, 2.45) is 0 Å². The summed E-state index contributed by atoms with van der Waals surface area (Å²) in [6.45, 7) is 2.73. The summed E-state index contributed by atoms with van der Waals surface area (Å²) >= 11 is 0. The van der Waals surface area contributed by atoms with E-state index in [0.717, 1.165) is 6.42 Å². The molecule has 1 aliphatic heterocycles. The van der Waals surface area contributed by atoms with E-state index >= 15 is 0 Å². The van der Waals surface area contributed by atoms with Crippen LogP contribution in [0.5, 0.6) is 5.88 Å². The topological polar surface area (TPSA) is 67.3 Å². The Kier molecular flexibility index (Phi) is 3.91. The number of amides is 2. The van der Waals surface area contributed by atoms with E-state index in [1.807, 2.05) is 24.0 Å². The van der Waals surface area contributed by atoms with Crippen molar-refractivity contribution in [3.05, 3.63) is 47.8 Å². The number of hydrogen-bond donors (Lipinski definition) is 1. The molecule has 0 spiro atoms. The second-order valence-electron chi connectivity index (χ2n) is 5.19. The second-order valence-corrected chi connectivity index (χ2v) is 5.19. The van der Waals surface area contributed by atoms with Crippen molar-refractivity contribution >= 4 is 11.8 Å². The molecule has 2 heterocycles. The number of carbonyl (C=O) groups excluding carboxylic acids is 1. The Morgan fingerprint density at radius 1 is 1.36 bits per heavy atom. The van der Waals surface area contributed by atoms with Crippen LogP contribution in [0.2, 0.25) is 0 Å². The molecule has 1 atom stereocenters. The first-order chi connectivity index (χ1) is 10.7. The fourth-order valence-electron chi connectivity index (χ4n) is 2.75. The van der Waals surface area contributed by atoms with Crippen molar-refractivity contribution in [3.8, 4) is 5.88 Å². The van der Waals surface area contributed by atoms with Crippen LogP contribution in [-0.4, -0.2) is 34.6 Å². The van der Waals surface area contributed by atoms with Gasteiger partial charge in [-0.1, -0.05) is 24.3 Å². The van der Waals surface area contributed by atoms with Gasteiger partial charge in [-0.05, 0) is 24.5 Å². The van der Waals surface area contributed by atoms with E-state index in [1.165, 1.54) is 24.6 Å². The number of nitrogens with zero attached hydrogens (tertiary/aromatic N) is 3. The Labute approximate surface area is 129 Å². The summed E-state index contributed by atoms with van der Waals surface area (Å²) in [5.41, 5.74) is 2.51. The number of aromatic nitrogens is 2. The normalized spacial score (nSPS) is 16.8. The van der Waals surface area contributed by atoms with Crippen LogP contribution in [0, 0.1) is 0 Å². The highest BCUT2D eigenvalue weighted by atomic mass is 16.5. The molecule has 0 saturated carbocycles. The maximum absolute atomic E-state index is 12.5. The zero-order chi connectivity index (χ0) is 15.5. The predicted octanol–water partition coefficient (Wildman–Crippen LogP) is 2.64. The molecule has 0 saturated heterocycles. The highest BCUT2D eigenvalue weighted by molar-refractivity contribution is 5.88.